The van der Waals surface area contributed by atoms with E-state index >= 15 is 0 Å². The van der Waals surface area contributed by atoms with E-state index in [0.29, 0.717) is 16.8 Å². The molecule has 7 nitrogen and oxygen atoms in total. The van der Waals surface area contributed by atoms with Crippen LogP contribution in [0.5, 0.6) is 0 Å². The summed E-state index contributed by atoms with van der Waals surface area (Å²) in [5.41, 5.74) is 3.59. The van der Waals surface area contributed by atoms with Crippen molar-refractivity contribution in [3.8, 4) is 16.9 Å². The van der Waals surface area contributed by atoms with Crippen molar-refractivity contribution in [3.63, 3.8) is 0 Å². The number of carbonyl (C=O) groups excluding carboxylic acids is 1. The van der Waals surface area contributed by atoms with Crippen LogP contribution in [0, 0.1) is 15.9 Å². The number of benzene rings is 3. The van der Waals surface area contributed by atoms with E-state index in [2.05, 4.69) is 5.10 Å². The molecule has 1 atom stereocenters. The fourth-order valence-electron chi connectivity index (χ4n) is 3.70. The molecule has 0 fully saturated rings. The molecular weight excluding hydrogens is 435 g/mol. The minimum atomic E-state index is -0.456. The molecule has 8 heteroatoms. The van der Waals surface area contributed by atoms with Crippen LogP contribution in [0.3, 0.4) is 0 Å². The van der Waals surface area contributed by atoms with Crippen molar-refractivity contribution in [1.29, 1.82) is 0 Å². The Labute approximate surface area is 196 Å². The minimum Gasteiger partial charge on any atom is -0.339 e. The lowest BCUT2D eigenvalue weighted by Crippen LogP contribution is -2.31. The molecule has 0 saturated heterocycles. The highest BCUT2D eigenvalue weighted by molar-refractivity contribution is 5.81. The number of rotatable bonds is 7. The molecule has 1 unspecified atom stereocenters. The predicted octanol–water partition coefficient (Wildman–Crippen LogP) is 5.35. The molecule has 3 aromatic carbocycles. The van der Waals surface area contributed by atoms with Gasteiger partial charge in [-0.15, -0.1) is 0 Å². The summed E-state index contributed by atoms with van der Waals surface area (Å²) in [6.45, 7) is 1.88. The van der Waals surface area contributed by atoms with Crippen molar-refractivity contribution in [2.75, 3.05) is 7.05 Å². The number of aromatic nitrogens is 2. The molecule has 172 valence electrons. The lowest BCUT2D eigenvalue weighted by Gasteiger charge is -2.25. The van der Waals surface area contributed by atoms with Crippen molar-refractivity contribution in [1.82, 2.24) is 14.7 Å². The van der Waals surface area contributed by atoms with E-state index in [4.69, 9.17) is 0 Å². The number of carbonyl (C=O) groups is 1. The molecule has 1 aromatic heterocycles. The molecular formula is C26H23FN4O3. The summed E-state index contributed by atoms with van der Waals surface area (Å²) in [7, 11) is 1.71. The topological polar surface area (TPSA) is 81.3 Å². The Bertz CT molecular complexity index is 1300. The van der Waals surface area contributed by atoms with Crippen LogP contribution in [-0.2, 0) is 11.2 Å². The van der Waals surface area contributed by atoms with Crippen LogP contribution in [0.1, 0.15) is 24.1 Å². The van der Waals surface area contributed by atoms with Crippen LogP contribution < -0.4 is 0 Å². The van der Waals surface area contributed by atoms with E-state index in [1.807, 2.05) is 37.3 Å². The van der Waals surface area contributed by atoms with E-state index in [1.54, 1.807) is 47.1 Å². The zero-order valence-electron chi connectivity index (χ0n) is 18.8. The molecule has 1 amide bonds. The summed E-state index contributed by atoms with van der Waals surface area (Å²) >= 11 is 0. The molecule has 0 radical (unpaired) electrons. The van der Waals surface area contributed by atoms with Crippen LogP contribution in [0.2, 0.25) is 0 Å². The zero-order chi connectivity index (χ0) is 24.2. The molecule has 4 rings (SSSR count). The minimum absolute atomic E-state index is 0.0169. The molecule has 0 aliphatic carbocycles. The second kappa shape index (κ2) is 9.66. The van der Waals surface area contributed by atoms with Gasteiger partial charge in [-0.05, 0) is 48.9 Å². The number of halogens is 1. The van der Waals surface area contributed by atoms with Gasteiger partial charge in [0, 0.05) is 36.5 Å². The maximum atomic E-state index is 13.3. The Balaban J connectivity index is 1.65. The molecule has 0 aliphatic rings. The third-order valence-electron chi connectivity index (χ3n) is 5.83. The molecule has 0 bridgehead atoms. The van der Waals surface area contributed by atoms with Gasteiger partial charge >= 0.3 is 0 Å². The van der Waals surface area contributed by atoms with Gasteiger partial charge in [0.05, 0.1) is 28.8 Å². The highest BCUT2D eigenvalue weighted by Crippen LogP contribution is 2.27. The number of para-hydroxylation sites is 1. The number of hydrogen-bond donors (Lipinski definition) is 0. The third-order valence-corrected chi connectivity index (χ3v) is 5.83. The average Bonchev–Trinajstić information content (AvgIpc) is 3.28. The van der Waals surface area contributed by atoms with Crippen molar-refractivity contribution < 1.29 is 14.1 Å². The first kappa shape index (κ1) is 22.8. The SMILES string of the molecule is CC(c1ccc(F)cc1)N(C)C(=O)Cc1cn(-c2ccccc2)nc1-c1ccc([N+](=O)[O-])cc1. The average molecular weight is 458 g/mol. The van der Waals surface area contributed by atoms with Crippen LogP contribution in [0.15, 0.2) is 85.1 Å². The molecule has 34 heavy (non-hydrogen) atoms. The third kappa shape index (κ3) is 4.85. The summed E-state index contributed by atoms with van der Waals surface area (Å²) in [6.07, 6.45) is 1.89. The quantitative estimate of drug-likeness (QED) is 0.276. The van der Waals surface area contributed by atoms with Gasteiger partial charge in [0.1, 0.15) is 5.82 Å². The van der Waals surface area contributed by atoms with Crippen molar-refractivity contribution in [3.05, 3.63) is 112 Å². The fraction of sp³-hybridized carbons (Fsp3) is 0.154. The van der Waals surface area contributed by atoms with Gasteiger partial charge in [0.15, 0.2) is 0 Å². The number of hydrogen-bond acceptors (Lipinski definition) is 4. The number of amides is 1. The first-order chi connectivity index (χ1) is 16.3. The molecule has 1 heterocycles. The number of nitro groups is 1. The Morgan fingerprint density at radius 3 is 2.32 bits per heavy atom. The number of non-ortho nitro benzene ring substituents is 1. The zero-order valence-corrected chi connectivity index (χ0v) is 18.8. The van der Waals surface area contributed by atoms with Crippen LogP contribution in [0.25, 0.3) is 16.9 Å². The Hall–Kier alpha value is -4.33. The van der Waals surface area contributed by atoms with Crippen LogP contribution >= 0.6 is 0 Å². The fourth-order valence-corrected chi connectivity index (χ4v) is 3.70. The first-order valence-corrected chi connectivity index (χ1v) is 10.7. The van der Waals surface area contributed by atoms with Crippen molar-refractivity contribution in [2.24, 2.45) is 0 Å². The number of nitrogens with zero attached hydrogens (tertiary/aromatic N) is 4. The smallest absolute Gasteiger partial charge is 0.269 e. The van der Waals surface area contributed by atoms with Gasteiger partial charge in [0.2, 0.25) is 5.91 Å². The number of nitro benzene ring substituents is 1. The summed E-state index contributed by atoms with van der Waals surface area (Å²) in [6, 6.07) is 21.4. The second-order valence-corrected chi connectivity index (χ2v) is 8.00. The summed E-state index contributed by atoms with van der Waals surface area (Å²) in [4.78, 5) is 25.4. The van der Waals surface area contributed by atoms with E-state index in [0.717, 1.165) is 11.3 Å². The van der Waals surface area contributed by atoms with Crippen molar-refractivity contribution >= 4 is 11.6 Å². The van der Waals surface area contributed by atoms with E-state index in [1.165, 1.54) is 24.3 Å². The van der Waals surface area contributed by atoms with E-state index < -0.39 is 4.92 Å². The Morgan fingerprint density at radius 1 is 1.06 bits per heavy atom. The lowest BCUT2D eigenvalue weighted by molar-refractivity contribution is -0.384. The van der Waals surface area contributed by atoms with Crippen molar-refractivity contribution in [2.45, 2.75) is 19.4 Å². The number of likely N-dealkylation sites (N-methyl/N-ethyl adjacent to an activating group) is 1. The van der Waals surface area contributed by atoms with E-state index in [-0.39, 0.29) is 29.9 Å². The van der Waals surface area contributed by atoms with Gasteiger partial charge in [0.25, 0.3) is 5.69 Å². The highest BCUT2D eigenvalue weighted by Gasteiger charge is 2.22. The second-order valence-electron chi connectivity index (χ2n) is 8.00. The summed E-state index contributed by atoms with van der Waals surface area (Å²) in [5, 5.41) is 15.7. The Kier molecular flexibility index (Phi) is 6.49. The lowest BCUT2D eigenvalue weighted by atomic mass is 10.0. The molecule has 0 spiro atoms. The maximum absolute atomic E-state index is 13.3. The normalized spacial score (nSPS) is 11.7. The predicted molar refractivity (Wildman–Crippen MR) is 127 cm³/mol. The summed E-state index contributed by atoms with van der Waals surface area (Å²) in [5.74, 6) is -0.460. The van der Waals surface area contributed by atoms with E-state index in [9.17, 15) is 19.3 Å². The maximum Gasteiger partial charge on any atom is 0.269 e. The van der Waals surface area contributed by atoms with Crippen LogP contribution in [-0.4, -0.2) is 32.6 Å². The monoisotopic (exact) mass is 458 g/mol. The summed E-state index contributed by atoms with van der Waals surface area (Å²) < 4.78 is 15.0. The Morgan fingerprint density at radius 2 is 1.71 bits per heavy atom. The van der Waals surface area contributed by atoms with Gasteiger partial charge in [-0.1, -0.05) is 30.3 Å². The molecule has 0 N–H and O–H groups in total. The molecule has 0 saturated carbocycles. The van der Waals surface area contributed by atoms with Gasteiger partial charge in [-0.25, -0.2) is 9.07 Å². The van der Waals surface area contributed by atoms with Gasteiger partial charge < -0.3 is 4.90 Å². The molecule has 4 aromatic rings. The van der Waals surface area contributed by atoms with Crippen LogP contribution in [0.4, 0.5) is 10.1 Å². The largest absolute Gasteiger partial charge is 0.339 e. The highest BCUT2D eigenvalue weighted by atomic mass is 19.1. The van der Waals surface area contributed by atoms with Gasteiger partial charge in [-0.2, -0.15) is 5.10 Å². The first-order valence-electron chi connectivity index (χ1n) is 10.7. The standard InChI is InChI=1S/C26H23FN4O3/c1-18(19-8-12-22(27)13-9-19)29(2)25(32)16-21-17-30(23-6-4-3-5-7-23)28-26(21)20-10-14-24(15-11-20)31(33)34/h3-15,17-18H,16H2,1-2H3. The molecule has 0 aliphatic heterocycles. The van der Waals surface area contributed by atoms with Gasteiger partial charge in [-0.3, -0.25) is 14.9 Å².